The summed E-state index contributed by atoms with van der Waals surface area (Å²) in [6, 6.07) is 0. The number of carbonyl (C=O) groups is 1. The molecule has 0 amide bonds. The molecule has 0 spiro atoms. The van der Waals surface area contributed by atoms with Crippen LogP contribution in [0.1, 0.15) is 20.8 Å². The normalized spacial score (nSPS) is 39.4. The molecule has 1 fully saturated rings. The minimum atomic E-state index is -0.604. The lowest BCUT2D eigenvalue weighted by Gasteiger charge is -2.42. The van der Waals surface area contributed by atoms with Crippen LogP contribution in [-0.4, -0.2) is 43.3 Å². The first kappa shape index (κ1) is 13.4. The van der Waals surface area contributed by atoms with Crippen LogP contribution in [0.2, 0.25) is 0 Å². The van der Waals surface area contributed by atoms with Crippen LogP contribution in [0, 0.1) is 11.8 Å². The van der Waals surface area contributed by atoms with E-state index in [1.165, 1.54) is 14.0 Å². The fourth-order valence-electron chi connectivity index (χ4n) is 2.01. The molecular weight excluding hydrogens is 212 g/mol. The molecule has 1 rings (SSSR count). The van der Waals surface area contributed by atoms with Gasteiger partial charge in [0.25, 0.3) is 0 Å². The Labute approximate surface area is 95.7 Å². The fraction of sp³-hybridized carbons (Fsp3) is 0.909. The summed E-state index contributed by atoms with van der Waals surface area (Å²) in [4.78, 5) is 11.0. The molecule has 0 aromatic heterocycles. The van der Waals surface area contributed by atoms with Crippen molar-refractivity contribution in [2.24, 2.45) is 11.8 Å². The highest BCUT2D eigenvalue weighted by molar-refractivity contribution is 5.66. The summed E-state index contributed by atoms with van der Waals surface area (Å²) >= 11 is 0. The van der Waals surface area contributed by atoms with E-state index in [4.69, 9.17) is 14.2 Å². The zero-order chi connectivity index (χ0) is 12.3. The van der Waals surface area contributed by atoms with Gasteiger partial charge in [0.2, 0.25) is 0 Å². The van der Waals surface area contributed by atoms with E-state index in [1.54, 1.807) is 0 Å². The molecule has 0 aliphatic carbocycles. The first-order valence-corrected chi connectivity index (χ1v) is 5.47. The van der Waals surface area contributed by atoms with Gasteiger partial charge in [-0.3, -0.25) is 4.79 Å². The van der Waals surface area contributed by atoms with Gasteiger partial charge in [0.05, 0.1) is 12.7 Å². The van der Waals surface area contributed by atoms with E-state index >= 15 is 0 Å². The van der Waals surface area contributed by atoms with Crippen LogP contribution in [0.25, 0.3) is 0 Å². The molecule has 0 aromatic rings. The van der Waals surface area contributed by atoms with E-state index in [0.29, 0.717) is 0 Å². The number of methoxy groups -OCH3 is 1. The lowest BCUT2D eigenvalue weighted by atomic mass is 9.83. The Bertz CT molecular complexity index is 241. The third-order valence-corrected chi connectivity index (χ3v) is 3.23. The van der Waals surface area contributed by atoms with Gasteiger partial charge >= 0.3 is 5.97 Å². The monoisotopic (exact) mass is 232 g/mol. The van der Waals surface area contributed by atoms with Gasteiger partial charge in [-0.15, -0.1) is 0 Å². The third kappa shape index (κ3) is 2.72. The first-order valence-electron chi connectivity index (χ1n) is 5.47. The first-order chi connectivity index (χ1) is 7.51. The highest BCUT2D eigenvalue weighted by Gasteiger charge is 2.43. The Morgan fingerprint density at radius 2 is 2.00 bits per heavy atom. The van der Waals surface area contributed by atoms with E-state index < -0.39 is 12.4 Å². The molecule has 1 saturated heterocycles. The Kier molecular flexibility index (Phi) is 4.70. The van der Waals surface area contributed by atoms with Gasteiger partial charge in [-0.2, -0.15) is 0 Å². The standard InChI is InChI=1S/C11H20O5/c1-6-7(2)10(15-8(3)13)11(14-4)16-9(6)5-12/h6-7,9-12H,5H2,1-4H3. The smallest absolute Gasteiger partial charge is 0.303 e. The van der Waals surface area contributed by atoms with Gasteiger partial charge in [0.15, 0.2) is 12.4 Å². The molecule has 5 unspecified atom stereocenters. The highest BCUT2D eigenvalue weighted by atomic mass is 16.7. The average Bonchev–Trinajstić information content (AvgIpc) is 2.25. The van der Waals surface area contributed by atoms with Gasteiger partial charge in [-0.05, 0) is 5.92 Å². The summed E-state index contributed by atoms with van der Waals surface area (Å²) in [5.74, 6) is -0.155. The second-order valence-electron chi connectivity index (χ2n) is 4.25. The summed E-state index contributed by atoms with van der Waals surface area (Å²) in [5, 5.41) is 9.17. The van der Waals surface area contributed by atoms with Crippen LogP contribution in [0.4, 0.5) is 0 Å². The molecule has 94 valence electrons. The van der Waals surface area contributed by atoms with Crippen LogP contribution in [0.15, 0.2) is 0 Å². The molecule has 5 heteroatoms. The summed E-state index contributed by atoms with van der Waals surface area (Å²) in [7, 11) is 1.50. The van der Waals surface area contributed by atoms with E-state index in [9.17, 15) is 9.90 Å². The maximum Gasteiger partial charge on any atom is 0.303 e. The minimum absolute atomic E-state index is 0.0574. The number of hydrogen-bond donors (Lipinski definition) is 1. The lowest BCUT2D eigenvalue weighted by Crippen LogP contribution is -2.52. The van der Waals surface area contributed by atoms with Gasteiger partial charge in [-0.25, -0.2) is 0 Å². The van der Waals surface area contributed by atoms with Crippen LogP contribution in [0.5, 0.6) is 0 Å². The summed E-state index contributed by atoms with van der Waals surface area (Å²) < 4.78 is 15.9. The average molecular weight is 232 g/mol. The predicted molar refractivity (Wildman–Crippen MR) is 56.6 cm³/mol. The van der Waals surface area contributed by atoms with Gasteiger partial charge in [0, 0.05) is 20.0 Å². The van der Waals surface area contributed by atoms with Crippen molar-refractivity contribution < 1.29 is 24.1 Å². The van der Waals surface area contributed by atoms with Gasteiger partial charge in [0.1, 0.15) is 0 Å². The van der Waals surface area contributed by atoms with E-state index in [0.717, 1.165) is 0 Å². The Hall–Kier alpha value is -0.650. The molecule has 1 N–H and O–H groups in total. The Morgan fingerprint density at radius 1 is 1.38 bits per heavy atom. The molecule has 5 atom stereocenters. The molecule has 1 aliphatic rings. The number of rotatable bonds is 3. The minimum Gasteiger partial charge on any atom is -0.457 e. The zero-order valence-corrected chi connectivity index (χ0v) is 10.2. The molecule has 5 nitrogen and oxygen atoms in total. The summed E-state index contributed by atoms with van der Waals surface area (Å²) in [6.45, 7) is 5.24. The molecule has 0 saturated carbocycles. The second kappa shape index (κ2) is 5.61. The molecule has 16 heavy (non-hydrogen) atoms. The Balaban J connectivity index is 2.77. The molecular formula is C11H20O5. The second-order valence-corrected chi connectivity index (χ2v) is 4.25. The maximum atomic E-state index is 11.0. The van der Waals surface area contributed by atoms with Crippen molar-refractivity contribution >= 4 is 5.97 Å². The van der Waals surface area contributed by atoms with Crippen molar-refractivity contribution in [2.45, 2.75) is 39.3 Å². The molecule has 1 heterocycles. The fourth-order valence-corrected chi connectivity index (χ4v) is 2.01. The quantitative estimate of drug-likeness (QED) is 0.720. The number of aliphatic hydroxyl groups is 1. The van der Waals surface area contributed by atoms with Crippen molar-refractivity contribution in [2.75, 3.05) is 13.7 Å². The van der Waals surface area contributed by atoms with Crippen LogP contribution in [-0.2, 0) is 19.0 Å². The SMILES string of the molecule is COC1OC(CO)C(C)C(C)C1OC(C)=O. The predicted octanol–water partition coefficient (Wildman–Crippen LogP) is 0.554. The largest absolute Gasteiger partial charge is 0.457 e. The van der Waals surface area contributed by atoms with E-state index in [1.807, 2.05) is 13.8 Å². The van der Waals surface area contributed by atoms with Gasteiger partial charge in [-0.1, -0.05) is 13.8 Å². The lowest BCUT2D eigenvalue weighted by molar-refractivity contribution is -0.271. The zero-order valence-electron chi connectivity index (χ0n) is 10.2. The number of carbonyl (C=O) groups excluding carboxylic acids is 1. The van der Waals surface area contributed by atoms with Crippen molar-refractivity contribution in [3.05, 3.63) is 0 Å². The number of esters is 1. The number of hydrogen-bond acceptors (Lipinski definition) is 5. The number of aliphatic hydroxyl groups excluding tert-OH is 1. The van der Waals surface area contributed by atoms with Crippen LogP contribution < -0.4 is 0 Å². The van der Waals surface area contributed by atoms with Crippen molar-refractivity contribution in [1.29, 1.82) is 0 Å². The maximum absolute atomic E-state index is 11.0. The molecule has 1 aliphatic heterocycles. The molecule has 0 aromatic carbocycles. The topological polar surface area (TPSA) is 65.0 Å². The van der Waals surface area contributed by atoms with Crippen LogP contribution >= 0.6 is 0 Å². The van der Waals surface area contributed by atoms with Crippen molar-refractivity contribution in [3.63, 3.8) is 0 Å². The Morgan fingerprint density at radius 3 is 2.44 bits per heavy atom. The van der Waals surface area contributed by atoms with Crippen molar-refractivity contribution in [1.82, 2.24) is 0 Å². The van der Waals surface area contributed by atoms with Crippen molar-refractivity contribution in [3.8, 4) is 0 Å². The highest BCUT2D eigenvalue weighted by Crippen LogP contribution is 2.32. The van der Waals surface area contributed by atoms with Gasteiger partial charge < -0.3 is 19.3 Å². The molecule has 0 bridgehead atoms. The van der Waals surface area contributed by atoms with Crippen LogP contribution in [0.3, 0.4) is 0 Å². The number of ether oxygens (including phenoxy) is 3. The summed E-state index contributed by atoms with van der Waals surface area (Å²) in [6.07, 6.45) is -1.29. The van der Waals surface area contributed by atoms with E-state index in [2.05, 4.69) is 0 Å². The summed E-state index contributed by atoms with van der Waals surface area (Å²) in [5.41, 5.74) is 0. The third-order valence-electron chi connectivity index (χ3n) is 3.23. The molecule has 0 radical (unpaired) electrons. The van der Waals surface area contributed by atoms with E-state index in [-0.39, 0.29) is 30.5 Å².